The Hall–Kier alpha value is -2.69. The zero-order valence-electron chi connectivity index (χ0n) is 12.5. The largest absolute Gasteiger partial charge is 0.314 e. The van der Waals surface area contributed by atoms with Gasteiger partial charge >= 0.3 is 0 Å². The lowest BCUT2D eigenvalue weighted by atomic mass is 10.2. The van der Waals surface area contributed by atoms with Crippen LogP contribution in [0.4, 0.5) is 15.8 Å². The molecule has 0 N–H and O–H groups in total. The predicted molar refractivity (Wildman–Crippen MR) is 84.3 cm³/mol. The molecule has 0 saturated heterocycles. The third-order valence-electron chi connectivity index (χ3n) is 3.33. The first-order valence-corrected chi connectivity index (χ1v) is 6.84. The van der Waals surface area contributed by atoms with Crippen molar-refractivity contribution < 1.29 is 14.0 Å². The van der Waals surface area contributed by atoms with Gasteiger partial charge in [0.05, 0.1) is 0 Å². The lowest BCUT2D eigenvalue weighted by molar-refractivity contribution is -0.121. The van der Waals surface area contributed by atoms with E-state index >= 15 is 0 Å². The molecule has 2 rings (SSSR count). The molecular formula is C17H17FN2O2. The maximum Gasteiger partial charge on any atom is 0.246 e. The van der Waals surface area contributed by atoms with Gasteiger partial charge in [0, 0.05) is 25.3 Å². The Labute approximate surface area is 128 Å². The second-order valence-corrected chi connectivity index (χ2v) is 4.87. The molecule has 0 unspecified atom stereocenters. The summed E-state index contributed by atoms with van der Waals surface area (Å²) in [5, 5.41) is 0. The number of amides is 2. The molecule has 2 aromatic rings. The summed E-state index contributed by atoms with van der Waals surface area (Å²) in [4.78, 5) is 26.9. The molecule has 0 aliphatic carbocycles. The number of anilines is 2. The zero-order valence-corrected chi connectivity index (χ0v) is 12.5. The Balaban J connectivity index is 2.16. The molecule has 22 heavy (non-hydrogen) atoms. The van der Waals surface area contributed by atoms with E-state index in [-0.39, 0.29) is 24.2 Å². The molecule has 2 aromatic carbocycles. The van der Waals surface area contributed by atoms with Crippen LogP contribution in [0.5, 0.6) is 0 Å². The summed E-state index contributed by atoms with van der Waals surface area (Å²) >= 11 is 0. The highest BCUT2D eigenvalue weighted by Gasteiger charge is 2.19. The predicted octanol–water partition coefficient (Wildman–Crippen LogP) is 2.84. The van der Waals surface area contributed by atoms with Crippen LogP contribution in [0.2, 0.25) is 0 Å². The van der Waals surface area contributed by atoms with Crippen LogP contribution in [-0.4, -0.2) is 25.4 Å². The molecule has 0 aliphatic heterocycles. The van der Waals surface area contributed by atoms with E-state index in [0.717, 1.165) is 5.69 Å². The second-order valence-electron chi connectivity index (χ2n) is 4.87. The molecule has 5 heteroatoms. The summed E-state index contributed by atoms with van der Waals surface area (Å²) in [6, 6.07) is 14.6. The van der Waals surface area contributed by atoms with Crippen molar-refractivity contribution >= 4 is 23.2 Å². The van der Waals surface area contributed by atoms with Crippen molar-refractivity contribution in [3.8, 4) is 0 Å². The molecule has 0 bridgehead atoms. The summed E-state index contributed by atoms with van der Waals surface area (Å²) in [6.07, 6.45) is 0. The highest BCUT2D eigenvalue weighted by atomic mass is 19.1. The summed E-state index contributed by atoms with van der Waals surface area (Å²) in [5.41, 5.74) is 1.24. The van der Waals surface area contributed by atoms with Gasteiger partial charge in [-0.3, -0.25) is 9.59 Å². The number of para-hydroxylation sites is 1. The number of hydrogen-bond acceptors (Lipinski definition) is 2. The first-order chi connectivity index (χ1) is 10.5. The quantitative estimate of drug-likeness (QED) is 0.871. The normalized spacial score (nSPS) is 10.1. The van der Waals surface area contributed by atoms with Gasteiger partial charge in [0.1, 0.15) is 12.4 Å². The number of carbonyl (C=O) groups excluding carboxylic acids is 2. The molecule has 0 fully saturated rings. The number of hydrogen-bond donors (Lipinski definition) is 0. The average Bonchev–Trinajstić information content (AvgIpc) is 2.53. The van der Waals surface area contributed by atoms with Gasteiger partial charge in [-0.1, -0.05) is 18.2 Å². The number of likely N-dealkylation sites (N-methyl/N-ethyl adjacent to an activating group) is 1. The lowest BCUT2D eigenvalue weighted by Gasteiger charge is -2.24. The fourth-order valence-corrected chi connectivity index (χ4v) is 2.04. The molecule has 0 radical (unpaired) electrons. The van der Waals surface area contributed by atoms with Crippen molar-refractivity contribution in [2.45, 2.75) is 6.92 Å². The van der Waals surface area contributed by atoms with Crippen molar-refractivity contribution in [1.82, 2.24) is 0 Å². The Bertz CT molecular complexity index is 656. The average molecular weight is 300 g/mol. The standard InChI is InChI=1S/C17H17FN2O2/c1-13(21)20(16-10-8-14(18)9-11-16)12-17(22)19(2)15-6-4-3-5-7-15/h3-11H,12H2,1-2H3. The molecular weight excluding hydrogens is 283 g/mol. The Morgan fingerprint density at radius 1 is 0.955 bits per heavy atom. The van der Waals surface area contributed by atoms with Crippen LogP contribution in [0.3, 0.4) is 0 Å². The van der Waals surface area contributed by atoms with Gasteiger partial charge < -0.3 is 9.80 Å². The number of benzene rings is 2. The smallest absolute Gasteiger partial charge is 0.246 e. The van der Waals surface area contributed by atoms with Crippen molar-refractivity contribution in [3.05, 3.63) is 60.4 Å². The third kappa shape index (κ3) is 3.69. The summed E-state index contributed by atoms with van der Waals surface area (Å²) in [7, 11) is 1.65. The summed E-state index contributed by atoms with van der Waals surface area (Å²) < 4.78 is 13.0. The second kappa shape index (κ2) is 6.85. The maximum atomic E-state index is 13.0. The fraction of sp³-hybridized carbons (Fsp3) is 0.176. The monoisotopic (exact) mass is 300 g/mol. The molecule has 0 atom stereocenters. The van der Waals surface area contributed by atoms with Crippen LogP contribution in [0.1, 0.15) is 6.92 Å². The third-order valence-corrected chi connectivity index (χ3v) is 3.33. The van der Waals surface area contributed by atoms with Crippen LogP contribution < -0.4 is 9.80 Å². The molecule has 0 spiro atoms. The Kier molecular flexibility index (Phi) is 4.88. The Morgan fingerprint density at radius 2 is 1.55 bits per heavy atom. The van der Waals surface area contributed by atoms with Gasteiger partial charge in [0.15, 0.2) is 0 Å². The van der Waals surface area contributed by atoms with E-state index in [1.54, 1.807) is 7.05 Å². The van der Waals surface area contributed by atoms with Crippen molar-refractivity contribution in [3.63, 3.8) is 0 Å². The lowest BCUT2D eigenvalue weighted by Crippen LogP contribution is -2.40. The minimum absolute atomic E-state index is 0.105. The number of halogens is 1. The van der Waals surface area contributed by atoms with E-state index in [1.807, 2.05) is 30.3 Å². The van der Waals surface area contributed by atoms with Gasteiger partial charge in [-0.25, -0.2) is 4.39 Å². The van der Waals surface area contributed by atoms with Crippen LogP contribution in [0.15, 0.2) is 54.6 Å². The van der Waals surface area contributed by atoms with Crippen LogP contribution in [0.25, 0.3) is 0 Å². The van der Waals surface area contributed by atoms with E-state index in [1.165, 1.54) is 41.0 Å². The fourth-order valence-electron chi connectivity index (χ4n) is 2.04. The minimum atomic E-state index is -0.389. The molecule has 2 amide bonds. The molecule has 114 valence electrons. The molecule has 0 saturated carbocycles. The number of carbonyl (C=O) groups is 2. The summed E-state index contributed by atoms with van der Waals surface area (Å²) in [6.45, 7) is 1.27. The van der Waals surface area contributed by atoms with E-state index in [0.29, 0.717) is 5.69 Å². The molecule has 4 nitrogen and oxygen atoms in total. The van der Waals surface area contributed by atoms with E-state index in [9.17, 15) is 14.0 Å². The topological polar surface area (TPSA) is 40.6 Å². The SMILES string of the molecule is CC(=O)N(CC(=O)N(C)c1ccccc1)c1ccc(F)cc1. The van der Waals surface area contributed by atoms with Crippen molar-refractivity contribution in [2.75, 3.05) is 23.4 Å². The highest BCUT2D eigenvalue weighted by molar-refractivity contribution is 6.02. The maximum absolute atomic E-state index is 13.0. The van der Waals surface area contributed by atoms with E-state index in [2.05, 4.69) is 0 Å². The number of nitrogens with zero attached hydrogens (tertiary/aromatic N) is 2. The number of rotatable bonds is 4. The van der Waals surface area contributed by atoms with Gasteiger partial charge in [-0.2, -0.15) is 0 Å². The minimum Gasteiger partial charge on any atom is -0.314 e. The molecule has 0 aliphatic rings. The van der Waals surface area contributed by atoms with Gasteiger partial charge in [0.25, 0.3) is 0 Å². The Morgan fingerprint density at radius 3 is 2.09 bits per heavy atom. The highest BCUT2D eigenvalue weighted by Crippen LogP contribution is 2.17. The van der Waals surface area contributed by atoms with Crippen LogP contribution in [0, 0.1) is 5.82 Å². The van der Waals surface area contributed by atoms with E-state index in [4.69, 9.17) is 0 Å². The molecule has 0 heterocycles. The van der Waals surface area contributed by atoms with Crippen LogP contribution >= 0.6 is 0 Å². The van der Waals surface area contributed by atoms with Crippen molar-refractivity contribution in [1.29, 1.82) is 0 Å². The van der Waals surface area contributed by atoms with Gasteiger partial charge in [-0.05, 0) is 36.4 Å². The van der Waals surface area contributed by atoms with Gasteiger partial charge in [0.2, 0.25) is 11.8 Å². The first kappa shape index (κ1) is 15.7. The van der Waals surface area contributed by atoms with Crippen LogP contribution in [-0.2, 0) is 9.59 Å². The molecule has 0 aromatic heterocycles. The summed E-state index contributed by atoms with van der Waals surface area (Å²) in [5.74, 6) is -0.896. The zero-order chi connectivity index (χ0) is 16.1. The van der Waals surface area contributed by atoms with Crippen molar-refractivity contribution in [2.24, 2.45) is 0 Å². The van der Waals surface area contributed by atoms with Gasteiger partial charge in [-0.15, -0.1) is 0 Å². The first-order valence-electron chi connectivity index (χ1n) is 6.84. The van der Waals surface area contributed by atoms with E-state index < -0.39 is 0 Å².